The highest BCUT2D eigenvalue weighted by atomic mass is 32.2. The number of hydrogen-bond acceptors (Lipinski definition) is 6. The molecule has 1 N–H and O–H groups in total. The maximum atomic E-state index is 11.1. The molecule has 1 rings (SSSR count). The Morgan fingerprint density at radius 2 is 2.05 bits per heavy atom. The van der Waals surface area contributed by atoms with Crippen molar-refractivity contribution >= 4 is 9.84 Å². The van der Waals surface area contributed by atoms with Crippen LogP contribution in [0.25, 0.3) is 0 Å². The van der Waals surface area contributed by atoms with Crippen LogP contribution in [0.4, 0.5) is 0 Å². The summed E-state index contributed by atoms with van der Waals surface area (Å²) in [4.78, 5) is 4.45. The molecule has 120 valence electrons. The molecule has 0 aliphatic heterocycles. The van der Waals surface area contributed by atoms with E-state index in [0.717, 1.165) is 17.9 Å². The van der Waals surface area contributed by atoms with Crippen LogP contribution in [0.1, 0.15) is 17.8 Å². The first kappa shape index (κ1) is 17.9. The summed E-state index contributed by atoms with van der Waals surface area (Å²) in [6.45, 7) is 4.25. The number of hydrogen-bond donors (Lipinski definition) is 1. The average molecular weight is 316 g/mol. The summed E-state index contributed by atoms with van der Waals surface area (Å²) in [6.07, 6.45) is 1.70. The van der Waals surface area contributed by atoms with Crippen molar-refractivity contribution in [3.63, 3.8) is 0 Å². The van der Waals surface area contributed by atoms with E-state index in [1.165, 1.54) is 6.26 Å². The Bertz CT molecular complexity index is 532. The molecule has 1 heterocycles. The van der Waals surface area contributed by atoms with Gasteiger partial charge in [0.2, 0.25) is 0 Å². The Morgan fingerprint density at radius 1 is 1.29 bits per heavy atom. The first-order valence-corrected chi connectivity index (χ1v) is 8.95. The number of nitrogens with one attached hydrogen (secondary N) is 1. The van der Waals surface area contributed by atoms with Crippen molar-refractivity contribution in [1.29, 1.82) is 0 Å². The number of methoxy groups -OCH3 is 1. The van der Waals surface area contributed by atoms with E-state index in [1.54, 1.807) is 7.11 Å². The topological polar surface area (TPSA) is 77.5 Å². The van der Waals surface area contributed by atoms with E-state index in [0.29, 0.717) is 31.9 Å². The summed E-state index contributed by atoms with van der Waals surface area (Å²) in [5.41, 5.74) is 1.74. The molecule has 0 fully saturated rings. The molecule has 0 atom stereocenters. The van der Waals surface area contributed by atoms with Crippen LogP contribution < -0.4 is 10.1 Å². The maximum Gasteiger partial charge on any atom is 0.147 e. The molecule has 0 aliphatic rings. The lowest BCUT2D eigenvalue weighted by Crippen LogP contribution is -2.20. The van der Waals surface area contributed by atoms with E-state index < -0.39 is 9.84 Å². The monoisotopic (exact) mass is 316 g/mol. The Hall–Kier alpha value is -1.18. The molecule has 0 unspecified atom stereocenters. The molecule has 7 heteroatoms. The predicted molar refractivity (Wildman–Crippen MR) is 82.4 cm³/mol. The van der Waals surface area contributed by atoms with Crippen LogP contribution in [0.3, 0.4) is 0 Å². The minimum absolute atomic E-state index is 0.133. The molecule has 0 amide bonds. The number of rotatable bonds is 10. The standard InChI is InChI=1S/C14H24N2O4S/c1-12-5-6-14(20-8-4-10-21(3,17)18)13(16-12)11-15-7-9-19-2/h5-6,15H,4,7-11H2,1-3H3. The zero-order valence-corrected chi connectivity index (χ0v) is 13.7. The maximum absolute atomic E-state index is 11.1. The second-order valence-electron chi connectivity index (χ2n) is 4.90. The molecule has 0 saturated heterocycles. The normalized spacial score (nSPS) is 11.6. The van der Waals surface area contributed by atoms with Gasteiger partial charge in [-0.25, -0.2) is 8.42 Å². The first-order valence-electron chi connectivity index (χ1n) is 6.89. The number of sulfone groups is 1. The van der Waals surface area contributed by atoms with Gasteiger partial charge in [0.05, 0.1) is 24.7 Å². The van der Waals surface area contributed by atoms with Gasteiger partial charge >= 0.3 is 0 Å². The summed E-state index contributed by atoms with van der Waals surface area (Å²) in [6, 6.07) is 3.75. The molecule has 1 aromatic heterocycles. The number of aryl methyl sites for hydroxylation is 1. The minimum Gasteiger partial charge on any atom is -0.492 e. The fraction of sp³-hybridized carbons (Fsp3) is 0.643. The highest BCUT2D eigenvalue weighted by molar-refractivity contribution is 7.90. The lowest BCUT2D eigenvalue weighted by atomic mass is 10.3. The summed E-state index contributed by atoms with van der Waals surface area (Å²) in [5, 5.41) is 3.22. The van der Waals surface area contributed by atoms with Crippen LogP contribution in [0, 0.1) is 6.92 Å². The Kier molecular flexibility index (Phi) is 7.63. The Labute approximate surface area is 126 Å². The number of aromatic nitrogens is 1. The summed E-state index contributed by atoms with van der Waals surface area (Å²) >= 11 is 0. The molecule has 1 aromatic rings. The second-order valence-corrected chi connectivity index (χ2v) is 7.16. The molecule has 21 heavy (non-hydrogen) atoms. The van der Waals surface area contributed by atoms with E-state index in [-0.39, 0.29) is 5.75 Å². The van der Waals surface area contributed by atoms with Gasteiger partial charge in [-0.05, 0) is 25.5 Å². The van der Waals surface area contributed by atoms with Gasteiger partial charge in [0, 0.05) is 32.1 Å². The van der Waals surface area contributed by atoms with Crippen LogP contribution in [0.5, 0.6) is 5.75 Å². The summed E-state index contributed by atoms with van der Waals surface area (Å²) in [5.74, 6) is 0.826. The lowest BCUT2D eigenvalue weighted by Gasteiger charge is -2.12. The van der Waals surface area contributed by atoms with Crippen LogP contribution in [0.2, 0.25) is 0 Å². The van der Waals surface area contributed by atoms with Gasteiger partial charge in [-0.2, -0.15) is 0 Å². The SMILES string of the molecule is COCCNCc1nc(C)ccc1OCCCS(C)(=O)=O. The highest BCUT2D eigenvalue weighted by Crippen LogP contribution is 2.17. The molecule has 0 saturated carbocycles. The second kappa shape index (κ2) is 8.96. The van der Waals surface area contributed by atoms with Crippen LogP contribution in [-0.2, 0) is 21.1 Å². The fourth-order valence-corrected chi connectivity index (χ4v) is 2.38. The van der Waals surface area contributed by atoms with Gasteiger partial charge in [0.15, 0.2) is 0 Å². The minimum atomic E-state index is -2.94. The van der Waals surface area contributed by atoms with E-state index in [2.05, 4.69) is 10.3 Å². The van der Waals surface area contributed by atoms with Crippen LogP contribution in [-0.4, -0.2) is 52.3 Å². The molecule has 0 spiro atoms. The predicted octanol–water partition coefficient (Wildman–Crippen LogP) is 0.940. The Balaban J connectivity index is 2.51. The third-order valence-corrected chi connectivity index (χ3v) is 3.79. The van der Waals surface area contributed by atoms with Gasteiger partial charge in [0.25, 0.3) is 0 Å². The number of ether oxygens (including phenoxy) is 2. The van der Waals surface area contributed by atoms with Crippen molar-refractivity contribution in [3.05, 3.63) is 23.5 Å². The van der Waals surface area contributed by atoms with Crippen molar-refractivity contribution in [3.8, 4) is 5.75 Å². The van der Waals surface area contributed by atoms with Gasteiger partial charge in [-0.15, -0.1) is 0 Å². The van der Waals surface area contributed by atoms with E-state index in [1.807, 2.05) is 19.1 Å². The third-order valence-electron chi connectivity index (χ3n) is 2.76. The molecular formula is C14H24N2O4S. The third kappa shape index (κ3) is 7.99. The zero-order chi connectivity index (χ0) is 15.7. The first-order chi connectivity index (χ1) is 9.92. The van der Waals surface area contributed by atoms with E-state index in [4.69, 9.17) is 9.47 Å². The van der Waals surface area contributed by atoms with Gasteiger partial charge in [-0.1, -0.05) is 0 Å². The van der Waals surface area contributed by atoms with Crippen molar-refractivity contribution in [1.82, 2.24) is 10.3 Å². The van der Waals surface area contributed by atoms with Crippen molar-refractivity contribution in [2.75, 3.05) is 38.9 Å². The average Bonchev–Trinajstić information content (AvgIpc) is 2.40. The van der Waals surface area contributed by atoms with E-state index >= 15 is 0 Å². The molecule has 6 nitrogen and oxygen atoms in total. The molecule has 0 aromatic carbocycles. The molecule has 0 radical (unpaired) electrons. The van der Waals surface area contributed by atoms with E-state index in [9.17, 15) is 8.42 Å². The van der Waals surface area contributed by atoms with Crippen molar-refractivity contribution in [2.45, 2.75) is 19.9 Å². The zero-order valence-electron chi connectivity index (χ0n) is 12.9. The number of nitrogens with zero attached hydrogens (tertiary/aromatic N) is 1. The van der Waals surface area contributed by atoms with Gasteiger partial charge in [-0.3, -0.25) is 4.98 Å². The van der Waals surface area contributed by atoms with Crippen molar-refractivity contribution in [2.24, 2.45) is 0 Å². The Morgan fingerprint density at radius 3 is 2.71 bits per heavy atom. The highest BCUT2D eigenvalue weighted by Gasteiger charge is 2.07. The van der Waals surface area contributed by atoms with Crippen molar-refractivity contribution < 1.29 is 17.9 Å². The van der Waals surface area contributed by atoms with Gasteiger partial charge in [0.1, 0.15) is 15.6 Å². The summed E-state index contributed by atoms with van der Waals surface area (Å²) in [7, 11) is -1.28. The van der Waals surface area contributed by atoms with Crippen LogP contribution >= 0.6 is 0 Å². The molecule has 0 bridgehead atoms. The van der Waals surface area contributed by atoms with Crippen LogP contribution in [0.15, 0.2) is 12.1 Å². The fourth-order valence-electron chi connectivity index (χ4n) is 1.74. The molecule has 0 aliphatic carbocycles. The quantitative estimate of drug-likeness (QED) is 0.647. The summed E-state index contributed by atoms with van der Waals surface area (Å²) < 4.78 is 32.8. The number of pyridine rings is 1. The largest absolute Gasteiger partial charge is 0.492 e. The molecular weight excluding hydrogens is 292 g/mol. The lowest BCUT2D eigenvalue weighted by molar-refractivity contribution is 0.199. The smallest absolute Gasteiger partial charge is 0.147 e. The van der Waals surface area contributed by atoms with Gasteiger partial charge < -0.3 is 14.8 Å².